The summed E-state index contributed by atoms with van der Waals surface area (Å²) in [7, 11) is 3.97. The second kappa shape index (κ2) is 6.91. The first kappa shape index (κ1) is 16.0. The van der Waals surface area contributed by atoms with E-state index in [1.807, 2.05) is 21.0 Å². The van der Waals surface area contributed by atoms with Crippen LogP contribution in [0.5, 0.6) is 0 Å². The lowest BCUT2D eigenvalue weighted by molar-refractivity contribution is -0.137. The Labute approximate surface area is 112 Å². The summed E-state index contributed by atoms with van der Waals surface area (Å²) in [6.07, 6.45) is -3.53. The summed E-state index contributed by atoms with van der Waals surface area (Å²) in [4.78, 5) is 2.07. The van der Waals surface area contributed by atoms with Crippen molar-refractivity contribution in [1.82, 2.24) is 10.2 Å². The van der Waals surface area contributed by atoms with Crippen molar-refractivity contribution in [3.8, 4) is 0 Å². The summed E-state index contributed by atoms with van der Waals surface area (Å²) < 4.78 is 37.4. The Bertz CT molecular complexity index is 371. The molecule has 1 rings (SSSR count). The molecule has 0 bridgehead atoms. The van der Waals surface area contributed by atoms with Crippen LogP contribution in [0.1, 0.15) is 18.1 Å². The van der Waals surface area contributed by atoms with E-state index in [2.05, 4.69) is 10.2 Å². The van der Waals surface area contributed by atoms with E-state index >= 15 is 0 Å². The molecule has 0 aliphatic carbocycles. The summed E-state index contributed by atoms with van der Waals surface area (Å²) >= 11 is 0. The molecule has 0 amide bonds. The highest BCUT2D eigenvalue weighted by Gasteiger charge is 2.29. The Morgan fingerprint density at radius 2 is 1.74 bits per heavy atom. The van der Waals surface area contributed by atoms with Gasteiger partial charge in [0.15, 0.2) is 0 Å². The van der Waals surface area contributed by atoms with Crippen LogP contribution in [0, 0.1) is 0 Å². The van der Waals surface area contributed by atoms with Gasteiger partial charge in [0.05, 0.1) is 5.56 Å². The first-order valence-corrected chi connectivity index (χ1v) is 6.37. The molecular weight excluding hydrogens is 253 g/mol. The number of benzene rings is 1. The SMILES string of the molecule is CCNC(Cc1ccc(C(F)(F)F)cc1)CN(C)C. The lowest BCUT2D eigenvalue weighted by Gasteiger charge is -2.22. The quantitative estimate of drug-likeness (QED) is 0.858. The highest BCUT2D eigenvalue weighted by Crippen LogP contribution is 2.29. The monoisotopic (exact) mass is 274 g/mol. The van der Waals surface area contributed by atoms with Gasteiger partial charge in [-0.15, -0.1) is 0 Å². The predicted octanol–water partition coefficient (Wildman–Crippen LogP) is 2.79. The molecule has 0 spiro atoms. The second-order valence-electron chi connectivity index (χ2n) is 4.92. The Morgan fingerprint density at radius 1 is 1.16 bits per heavy atom. The summed E-state index contributed by atoms with van der Waals surface area (Å²) in [5.74, 6) is 0. The van der Waals surface area contributed by atoms with Crippen molar-refractivity contribution in [2.24, 2.45) is 0 Å². The van der Waals surface area contributed by atoms with Crippen molar-refractivity contribution in [2.75, 3.05) is 27.2 Å². The normalized spacial score (nSPS) is 13.8. The molecule has 2 nitrogen and oxygen atoms in total. The van der Waals surface area contributed by atoms with E-state index in [0.717, 1.165) is 37.2 Å². The molecule has 5 heteroatoms. The van der Waals surface area contributed by atoms with Crippen molar-refractivity contribution < 1.29 is 13.2 Å². The molecule has 0 radical (unpaired) electrons. The van der Waals surface area contributed by atoms with Gasteiger partial charge in [0.25, 0.3) is 0 Å². The van der Waals surface area contributed by atoms with Crippen LogP contribution in [0.4, 0.5) is 13.2 Å². The largest absolute Gasteiger partial charge is 0.416 e. The molecule has 108 valence electrons. The minimum atomic E-state index is -4.26. The maximum absolute atomic E-state index is 12.5. The van der Waals surface area contributed by atoms with Gasteiger partial charge < -0.3 is 10.2 Å². The van der Waals surface area contributed by atoms with Crippen LogP contribution in [-0.2, 0) is 12.6 Å². The van der Waals surface area contributed by atoms with E-state index in [1.165, 1.54) is 0 Å². The van der Waals surface area contributed by atoms with E-state index in [1.54, 1.807) is 12.1 Å². The number of rotatable bonds is 6. The van der Waals surface area contributed by atoms with E-state index in [-0.39, 0.29) is 6.04 Å². The third-order valence-corrected chi connectivity index (χ3v) is 2.84. The Morgan fingerprint density at radius 3 is 2.16 bits per heavy atom. The fourth-order valence-electron chi connectivity index (χ4n) is 2.05. The topological polar surface area (TPSA) is 15.3 Å². The third kappa shape index (κ3) is 5.61. The van der Waals surface area contributed by atoms with Gasteiger partial charge in [0, 0.05) is 12.6 Å². The van der Waals surface area contributed by atoms with Crippen molar-refractivity contribution in [3.63, 3.8) is 0 Å². The fraction of sp³-hybridized carbons (Fsp3) is 0.571. The number of nitrogens with one attached hydrogen (secondary N) is 1. The van der Waals surface area contributed by atoms with Gasteiger partial charge in [0.2, 0.25) is 0 Å². The number of hydrogen-bond donors (Lipinski definition) is 1. The van der Waals surface area contributed by atoms with Crippen LogP contribution in [-0.4, -0.2) is 38.1 Å². The molecule has 1 unspecified atom stereocenters. The zero-order valence-electron chi connectivity index (χ0n) is 11.6. The van der Waals surface area contributed by atoms with E-state index in [0.29, 0.717) is 0 Å². The summed E-state index contributed by atoms with van der Waals surface area (Å²) in [6.45, 7) is 3.73. The lowest BCUT2D eigenvalue weighted by atomic mass is 10.0. The molecule has 1 aromatic carbocycles. The zero-order valence-corrected chi connectivity index (χ0v) is 11.6. The molecular formula is C14H21F3N2. The van der Waals surface area contributed by atoms with Gasteiger partial charge in [-0.25, -0.2) is 0 Å². The summed E-state index contributed by atoms with van der Waals surface area (Å²) in [5, 5.41) is 3.34. The Balaban J connectivity index is 2.69. The van der Waals surface area contributed by atoms with Gasteiger partial charge in [-0.1, -0.05) is 19.1 Å². The summed E-state index contributed by atoms with van der Waals surface area (Å²) in [6, 6.07) is 5.66. The van der Waals surface area contributed by atoms with Crippen LogP contribution >= 0.6 is 0 Å². The van der Waals surface area contributed by atoms with Crippen molar-refractivity contribution in [2.45, 2.75) is 25.6 Å². The highest BCUT2D eigenvalue weighted by molar-refractivity contribution is 5.25. The number of nitrogens with zero attached hydrogens (tertiary/aromatic N) is 1. The van der Waals surface area contributed by atoms with Crippen LogP contribution in [0.25, 0.3) is 0 Å². The molecule has 0 aliphatic heterocycles. The van der Waals surface area contributed by atoms with Crippen LogP contribution in [0.3, 0.4) is 0 Å². The number of likely N-dealkylation sites (N-methyl/N-ethyl adjacent to an activating group) is 2. The third-order valence-electron chi connectivity index (χ3n) is 2.84. The number of alkyl halides is 3. The van der Waals surface area contributed by atoms with Crippen LogP contribution < -0.4 is 5.32 Å². The molecule has 1 N–H and O–H groups in total. The average Bonchev–Trinajstić information content (AvgIpc) is 2.28. The zero-order chi connectivity index (χ0) is 14.5. The van der Waals surface area contributed by atoms with Crippen molar-refractivity contribution in [1.29, 1.82) is 0 Å². The van der Waals surface area contributed by atoms with Gasteiger partial charge in [-0.3, -0.25) is 0 Å². The van der Waals surface area contributed by atoms with Gasteiger partial charge in [0.1, 0.15) is 0 Å². The van der Waals surface area contributed by atoms with Gasteiger partial charge in [-0.05, 0) is 44.8 Å². The molecule has 1 aromatic rings. The predicted molar refractivity (Wildman–Crippen MR) is 71.2 cm³/mol. The number of hydrogen-bond acceptors (Lipinski definition) is 2. The second-order valence-corrected chi connectivity index (χ2v) is 4.92. The molecule has 0 aliphatic rings. The molecule has 0 heterocycles. The van der Waals surface area contributed by atoms with Crippen molar-refractivity contribution >= 4 is 0 Å². The first-order valence-electron chi connectivity index (χ1n) is 6.37. The minimum absolute atomic E-state index is 0.247. The van der Waals surface area contributed by atoms with Crippen LogP contribution in [0.2, 0.25) is 0 Å². The van der Waals surface area contributed by atoms with E-state index in [9.17, 15) is 13.2 Å². The molecule has 19 heavy (non-hydrogen) atoms. The molecule has 0 saturated heterocycles. The molecule has 0 fully saturated rings. The standard InChI is InChI=1S/C14H21F3N2/c1-4-18-13(10-19(2)3)9-11-5-7-12(8-6-11)14(15,16)17/h5-8,13,18H,4,9-10H2,1-3H3. The fourth-order valence-corrected chi connectivity index (χ4v) is 2.05. The van der Waals surface area contributed by atoms with E-state index < -0.39 is 11.7 Å². The maximum atomic E-state index is 12.5. The molecule has 0 saturated carbocycles. The molecule has 0 aromatic heterocycles. The number of halogens is 3. The van der Waals surface area contributed by atoms with Gasteiger partial charge in [-0.2, -0.15) is 13.2 Å². The maximum Gasteiger partial charge on any atom is 0.416 e. The Hall–Kier alpha value is -1.07. The smallest absolute Gasteiger partial charge is 0.313 e. The lowest BCUT2D eigenvalue weighted by Crippen LogP contribution is -2.39. The Kier molecular flexibility index (Phi) is 5.82. The van der Waals surface area contributed by atoms with Gasteiger partial charge >= 0.3 is 6.18 Å². The average molecular weight is 274 g/mol. The highest BCUT2D eigenvalue weighted by atomic mass is 19.4. The first-order chi connectivity index (χ1) is 8.82. The van der Waals surface area contributed by atoms with E-state index in [4.69, 9.17) is 0 Å². The van der Waals surface area contributed by atoms with Crippen molar-refractivity contribution in [3.05, 3.63) is 35.4 Å². The molecule has 1 atom stereocenters. The van der Waals surface area contributed by atoms with Crippen LogP contribution in [0.15, 0.2) is 24.3 Å². The summed E-state index contributed by atoms with van der Waals surface area (Å²) in [5.41, 5.74) is 0.324. The minimum Gasteiger partial charge on any atom is -0.313 e.